The molecule has 166 valence electrons. The predicted molar refractivity (Wildman–Crippen MR) is 125 cm³/mol. The summed E-state index contributed by atoms with van der Waals surface area (Å²) in [5.74, 6) is -0.299. The number of anilines is 3. The van der Waals surface area contributed by atoms with Crippen LogP contribution in [0.25, 0.3) is 0 Å². The van der Waals surface area contributed by atoms with Crippen LogP contribution in [0, 0.1) is 13.8 Å². The summed E-state index contributed by atoms with van der Waals surface area (Å²) in [5.41, 5.74) is 4.83. The largest absolute Gasteiger partial charge is 0.378 e. The lowest BCUT2D eigenvalue weighted by atomic mass is 10.1. The highest BCUT2D eigenvalue weighted by atomic mass is 16.5. The van der Waals surface area contributed by atoms with Crippen LogP contribution in [-0.4, -0.2) is 62.7 Å². The van der Waals surface area contributed by atoms with Crippen molar-refractivity contribution in [3.63, 3.8) is 0 Å². The first-order chi connectivity index (χ1) is 14.8. The van der Waals surface area contributed by atoms with Gasteiger partial charge in [-0.2, -0.15) is 0 Å². The van der Waals surface area contributed by atoms with E-state index in [9.17, 15) is 9.59 Å². The van der Waals surface area contributed by atoms with Crippen molar-refractivity contribution >= 4 is 28.9 Å². The second-order valence-electron chi connectivity index (χ2n) is 8.02. The Hall–Kier alpha value is -2.90. The van der Waals surface area contributed by atoms with Gasteiger partial charge in [0.2, 0.25) is 11.8 Å². The summed E-state index contributed by atoms with van der Waals surface area (Å²) >= 11 is 0. The number of aryl methyl sites for hydroxylation is 1. The van der Waals surface area contributed by atoms with E-state index in [2.05, 4.69) is 15.5 Å². The van der Waals surface area contributed by atoms with Crippen LogP contribution in [0.5, 0.6) is 0 Å². The van der Waals surface area contributed by atoms with Gasteiger partial charge in [-0.1, -0.05) is 12.1 Å². The van der Waals surface area contributed by atoms with Crippen LogP contribution >= 0.6 is 0 Å². The van der Waals surface area contributed by atoms with Crippen LogP contribution in [0.15, 0.2) is 42.5 Å². The van der Waals surface area contributed by atoms with Gasteiger partial charge in [-0.25, -0.2) is 0 Å². The zero-order valence-electron chi connectivity index (χ0n) is 18.8. The summed E-state index contributed by atoms with van der Waals surface area (Å²) < 4.78 is 5.39. The smallest absolute Gasteiger partial charge is 0.241 e. The van der Waals surface area contributed by atoms with Gasteiger partial charge in [-0.3, -0.25) is 14.5 Å². The van der Waals surface area contributed by atoms with Crippen molar-refractivity contribution in [2.75, 3.05) is 55.4 Å². The molecule has 0 aliphatic carbocycles. The molecule has 2 aromatic rings. The minimum atomic E-state index is -0.455. The lowest BCUT2D eigenvalue weighted by Crippen LogP contribution is -2.43. The topological polar surface area (TPSA) is 73.9 Å². The monoisotopic (exact) mass is 424 g/mol. The molecule has 0 aromatic heterocycles. The summed E-state index contributed by atoms with van der Waals surface area (Å²) in [7, 11) is 1.77. The standard InChI is InChI=1S/C24H32N4O3/c1-17-6-5-7-22(18(17)2)26-23(29)16-27(4)19(3)24(30)25-20-8-10-21(11-9-20)28-12-14-31-15-13-28/h5-11,19H,12-16H2,1-4H3,(H,25,30)(H,26,29)/t19-/m1/s1. The van der Waals surface area contributed by atoms with Crippen molar-refractivity contribution in [1.29, 1.82) is 0 Å². The first-order valence-electron chi connectivity index (χ1n) is 10.6. The first kappa shape index (κ1) is 22.8. The molecule has 0 bridgehead atoms. The van der Waals surface area contributed by atoms with E-state index in [0.717, 1.165) is 54.5 Å². The Balaban J connectivity index is 1.51. The summed E-state index contributed by atoms with van der Waals surface area (Å²) in [6.07, 6.45) is 0. The van der Waals surface area contributed by atoms with Gasteiger partial charge >= 0.3 is 0 Å². The Kier molecular flexibility index (Phi) is 7.65. The molecule has 2 amide bonds. The zero-order chi connectivity index (χ0) is 22.4. The lowest BCUT2D eigenvalue weighted by molar-refractivity contribution is -0.122. The van der Waals surface area contributed by atoms with E-state index < -0.39 is 6.04 Å². The highest BCUT2D eigenvalue weighted by Gasteiger charge is 2.21. The number of carbonyl (C=O) groups is 2. The number of benzene rings is 2. The van der Waals surface area contributed by atoms with Gasteiger partial charge < -0.3 is 20.3 Å². The van der Waals surface area contributed by atoms with Crippen molar-refractivity contribution in [3.05, 3.63) is 53.6 Å². The number of hydrogen-bond acceptors (Lipinski definition) is 5. The number of morpholine rings is 1. The molecule has 1 fully saturated rings. The first-order valence-corrected chi connectivity index (χ1v) is 10.6. The highest BCUT2D eigenvalue weighted by molar-refractivity contribution is 5.96. The Labute approximate surface area is 184 Å². The molecular formula is C24H32N4O3. The second kappa shape index (κ2) is 10.4. The van der Waals surface area contributed by atoms with E-state index in [0.29, 0.717) is 0 Å². The minimum absolute atomic E-state index is 0.123. The van der Waals surface area contributed by atoms with Crippen molar-refractivity contribution < 1.29 is 14.3 Å². The van der Waals surface area contributed by atoms with E-state index in [4.69, 9.17) is 4.74 Å². The third-order valence-electron chi connectivity index (χ3n) is 5.82. The van der Waals surface area contributed by atoms with Gasteiger partial charge in [-0.15, -0.1) is 0 Å². The summed E-state index contributed by atoms with van der Waals surface area (Å²) in [6, 6.07) is 13.2. The molecule has 1 aliphatic rings. The maximum Gasteiger partial charge on any atom is 0.241 e. The molecule has 0 saturated carbocycles. The maximum atomic E-state index is 12.7. The molecule has 3 rings (SSSR count). The van der Waals surface area contributed by atoms with Crippen molar-refractivity contribution in [3.8, 4) is 0 Å². The average molecular weight is 425 g/mol. The molecule has 31 heavy (non-hydrogen) atoms. The Bertz CT molecular complexity index is 908. The van der Waals surface area contributed by atoms with Crippen LogP contribution in [0.4, 0.5) is 17.1 Å². The lowest BCUT2D eigenvalue weighted by Gasteiger charge is -2.29. The summed E-state index contributed by atoms with van der Waals surface area (Å²) in [6.45, 7) is 9.13. The van der Waals surface area contributed by atoms with E-state index in [-0.39, 0.29) is 18.4 Å². The Morgan fingerprint density at radius 2 is 1.74 bits per heavy atom. The minimum Gasteiger partial charge on any atom is -0.378 e. The molecule has 1 heterocycles. The number of likely N-dealkylation sites (N-methyl/N-ethyl adjacent to an activating group) is 1. The maximum absolute atomic E-state index is 12.7. The van der Waals surface area contributed by atoms with Crippen LogP contribution < -0.4 is 15.5 Å². The highest BCUT2D eigenvalue weighted by Crippen LogP contribution is 2.20. The molecule has 1 atom stereocenters. The van der Waals surface area contributed by atoms with E-state index in [1.807, 2.05) is 56.3 Å². The number of nitrogens with zero attached hydrogens (tertiary/aromatic N) is 2. The number of carbonyl (C=O) groups excluding carboxylic acids is 2. The normalized spacial score (nSPS) is 14.9. The molecule has 2 N–H and O–H groups in total. The molecule has 0 spiro atoms. The SMILES string of the molecule is Cc1cccc(NC(=O)CN(C)[C@H](C)C(=O)Nc2ccc(N3CCOCC3)cc2)c1C. The number of amides is 2. The molecule has 2 aromatic carbocycles. The number of rotatable bonds is 7. The van der Waals surface area contributed by atoms with Crippen LogP contribution in [-0.2, 0) is 14.3 Å². The van der Waals surface area contributed by atoms with Crippen molar-refractivity contribution in [1.82, 2.24) is 4.90 Å². The van der Waals surface area contributed by atoms with E-state index >= 15 is 0 Å². The Morgan fingerprint density at radius 3 is 2.42 bits per heavy atom. The van der Waals surface area contributed by atoms with Crippen molar-refractivity contribution in [2.24, 2.45) is 0 Å². The predicted octanol–water partition coefficient (Wildman–Crippen LogP) is 3.04. The van der Waals surface area contributed by atoms with Gasteiger partial charge in [0.25, 0.3) is 0 Å². The number of ether oxygens (including phenoxy) is 1. The van der Waals surface area contributed by atoms with Crippen molar-refractivity contribution in [2.45, 2.75) is 26.8 Å². The number of nitrogens with one attached hydrogen (secondary N) is 2. The summed E-state index contributed by atoms with van der Waals surface area (Å²) in [5, 5.41) is 5.87. The number of hydrogen-bond donors (Lipinski definition) is 2. The zero-order valence-corrected chi connectivity index (χ0v) is 18.8. The fraction of sp³-hybridized carbons (Fsp3) is 0.417. The van der Waals surface area contributed by atoms with Gasteiger partial charge in [-0.05, 0) is 69.3 Å². The molecule has 1 saturated heterocycles. The molecule has 0 radical (unpaired) electrons. The molecule has 7 nitrogen and oxygen atoms in total. The quantitative estimate of drug-likeness (QED) is 0.715. The molecular weight excluding hydrogens is 392 g/mol. The third-order valence-corrected chi connectivity index (χ3v) is 5.82. The molecule has 7 heteroatoms. The van der Waals surface area contributed by atoms with Gasteiger partial charge in [0.1, 0.15) is 0 Å². The summed E-state index contributed by atoms with van der Waals surface area (Å²) in [4.78, 5) is 29.1. The van der Waals surface area contributed by atoms with Crippen LogP contribution in [0.2, 0.25) is 0 Å². The van der Waals surface area contributed by atoms with Gasteiger partial charge in [0.05, 0.1) is 25.8 Å². The second-order valence-corrected chi connectivity index (χ2v) is 8.02. The fourth-order valence-corrected chi connectivity index (χ4v) is 3.46. The molecule has 0 unspecified atom stereocenters. The van der Waals surface area contributed by atoms with E-state index in [1.54, 1.807) is 18.9 Å². The third kappa shape index (κ3) is 6.06. The van der Waals surface area contributed by atoms with Gasteiger partial charge in [0.15, 0.2) is 0 Å². The van der Waals surface area contributed by atoms with Crippen LogP contribution in [0.1, 0.15) is 18.1 Å². The molecule has 1 aliphatic heterocycles. The van der Waals surface area contributed by atoms with Crippen LogP contribution in [0.3, 0.4) is 0 Å². The average Bonchev–Trinajstić information content (AvgIpc) is 2.77. The Morgan fingerprint density at radius 1 is 1.06 bits per heavy atom. The van der Waals surface area contributed by atoms with Gasteiger partial charge in [0, 0.05) is 30.2 Å². The fourth-order valence-electron chi connectivity index (χ4n) is 3.46. The van der Waals surface area contributed by atoms with E-state index in [1.165, 1.54) is 0 Å².